The first-order chi connectivity index (χ1) is 7.77. The van der Waals surface area contributed by atoms with Crippen LogP contribution in [0.15, 0.2) is 0 Å². The van der Waals surface area contributed by atoms with Gasteiger partial charge in [-0.05, 0) is 6.42 Å². The number of carbonyl (C=O) groups is 2. The second-order valence-electron chi connectivity index (χ2n) is 4.18. The topological polar surface area (TPSA) is 52.6 Å². The predicted octanol–water partition coefficient (Wildman–Crippen LogP) is 1.71. The first kappa shape index (κ1) is 13.2. The maximum Gasteiger partial charge on any atom is 0.309 e. The lowest BCUT2D eigenvalue weighted by Gasteiger charge is -2.09. The van der Waals surface area contributed by atoms with Crippen LogP contribution in [0.1, 0.15) is 39.0 Å². The zero-order valence-corrected chi connectivity index (χ0v) is 9.81. The maximum atomic E-state index is 11.3. The van der Waals surface area contributed by atoms with Crippen LogP contribution in [0.4, 0.5) is 0 Å². The van der Waals surface area contributed by atoms with E-state index in [4.69, 9.17) is 9.47 Å². The smallest absolute Gasteiger partial charge is 0.309 e. The van der Waals surface area contributed by atoms with Gasteiger partial charge in [-0.1, -0.05) is 19.8 Å². The quantitative estimate of drug-likeness (QED) is 0.360. The SMILES string of the molecule is CCCCCOCC1CC(CC=O)C(=O)O1. The molecule has 2 unspecified atom stereocenters. The lowest BCUT2D eigenvalue weighted by molar-refractivity contribution is -0.146. The van der Waals surface area contributed by atoms with E-state index in [1.165, 1.54) is 6.42 Å². The van der Waals surface area contributed by atoms with Crippen LogP contribution in [0.3, 0.4) is 0 Å². The molecule has 0 bridgehead atoms. The second-order valence-corrected chi connectivity index (χ2v) is 4.18. The standard InChI is InChI=1S/C12H20O4/c1-2-3-4-7-15-9-11-8-10(5-6-13)12(14)16-11/h6,10-11H,2-5,7-9H2,1H3. The molecule has 1 fully saturated rings. The summed E-state index contributed by atoms with van der Waals surface area (Å²) in [6, 6.07) is 0. The molecule has 0 aromatic heterocycles. The van der Waals surface area contributed by atoms with E-state index in [1.54, 1.807) is 0 Å². The van der Waals surface area contributed by atoms with E-state index in [0.717, 1.165) is 25.7 Å². The molecule has 0 aromatic rings. The van der Waals surface area contributed by atoms with E-state index < -0.39 is 0 Å². The van der Waals surface area contributed by atoms with Crippen molar-refractivity contribution in [1.29, 1.82) is 0 Å². The van der Waals surface area contributed by atoms with E-state index >= 15 is 0 Å². The van der Waals surface area contributed by atoms with Gasteiger partial charge in [-0.25, -0.2) is 0 Å². The Hall–Kier alpha value is -0.900. The van der Waals surface area contributed by atoms with Crippen LogP contribution in [-0.4, -0.2) is 31.6 Å². The third kappa shape index (κ3) is 4.31. The molecular formula is C12H20O4. The largest absolute Gasteiger partial charge is 0.460 e. The van der Waals surface area contributed by atoms with Crippen molar-refractivity contribution in [2.24, 2.45) is 5.92 Å². The van der Waals surface area contributed by atoms with Crippen molar-refractivity contribution >= 4 is 12.3 Å². The first-order valence-electron chi connectivity index (χ1n) is 5.99. The lowest BCUT2D eigenvalue weighted by Crippen LogP contribution is -2.15. The minimum absolute atomic E-state index is 0.154. The maximum absolute atomic E-state index is 11.3. The van der Waals surface area contributed by atoms with E-state index in [1.807, 2.05) is 0 Å². The molecule has 4 heteroatoms. The Morgan fingerprint density at radius 2 is 2.31 bits per heavy atom. The summed E-state index contributed by atoms with van der Waals surface area (Å²) >= 11 is 0. The van der Waals surface area contributed by atoms with Crippen molar-refractivity contribution in [2.45, 2.75) is 45.1 Å². The first-order valence-corrected chi connectivity index (χ1v) is 5.99. The highest BCUT2D eigenvalue weighted by Gasteiger charge is 2.33. The fraction of sp³-hybridized carbons (Fsp3) is 0.833. The number of aldehydes is 1. The Kier molecular flexibility index (Phi) is 6.08. The average molecular weight is 228 g/mol. The molecule has 1 rings (SSSR count). The second kappa shape index (κ2) is 7.39. The number of unbranched alkanes of at least 4 members (excludes halogenated alkanes) is 2. The zero-order valence-electron chi connectivity index (χ0n) is 9.81. The molecule has 1 aliphatic rings. The number of esters is 1. The monoisotopic (exact) mass is 228 g/mol. The number of hydrogen-bond donors (Lipinski definition) is 0. The summed E-state index contributed by atoms with van der Waals surface area (Å²) < 4.78 is 10.5. The highest BCUT2D eigenvalue weighted by Crippen LogP contribution is 2.23. The van der Waals surface area contributed by atoms with Crippen molar-refractivity contribution in [1.82, 2.24) is 0 Å². The minimum atomic E-state index is -0.255. The Labute approximate surface area is 96.3 Å². The highest BCUT2D eigenvalue weighted by atomic mass is 16.6. The fourth-order valence-electron chi connectivity index (χ4n) is 1.80. The molecule has 0 aromatic carbocycles. The third-order valence-corrected chi connectivity index (χ3v) is 2.74. The van der Waals surface area contributed by atoms with Crippen LogP contribution in [0.5, 0.6) is 0 Å². The molecule has 0 aliphatic carbocycles. The summed E-state index contributed by atoms with van der Waals surface area (Å²) in [5, 5.41) is 0. The zero-order chi connectivity index (χ0) is 11.8. The summed E-state index contributed by atoms with van der Waals surface area (Å²) in [5.41, 5.74) is 0. The van der Waals surface area contributed by atoms with E-state index in [2.05, 4.69) is 6.92 Å². The van der Waals surface area contributed by atoms with Gasteiger partial charge in [0.05, 0.1) is 12.5 Å². The molecular weight excluding hydrogens is 208 g/mol. The number of rotatable bonds is 8. The van der Waals surface area contributed by atoms with Crippen molar-refractivity contribution < 1.29 is 19.1 Å². The number of ether oxygens (including phenoxy) is 2. The van der Waals surface area contributed by atoms with Gasteiger partial charge in [-0.15, -0.1) is 0 Å². The van der Waals surface area contributed by atoms with Crippen LogP contribution in [-0.2, 0) is 19.1 Å². The summed E-state index contributed by atoms with van der Waals surface area (Å²) in [5.74, 6) is -0.504. The molecule has 0 spiro atoms. The molecule has 1 saturated heterocycles. The highest BCUT2D eigenvalue weighted by molar-refractivity contribution is 5.77. The van der Waals surface area contributed by atoms with Gasteiger partial charge in [0.25, 0.3) is 0 Å². The predicted molar refractivity (Wildman–Crippen MR) is 59.0 cm³/mol. The van der Waals surface area contributed by atoms with Crippen LogP contribution in [0, 0.1) is 5.92 Å². The molecule has 0 amide bonds. The van der Waals surface area contributed by atoms with Crippen LogP contribution in [0.2, 0.25) is 0 Å². The Balaban J connectivity index is 2.10. The van der Waals surface area contributed by atoms with Crippen LogP contribution in [0.25, 0.3) is 0 Å². The van der Waals surface area contributed by atoms with Gasteiger partial charge in [-0.2, -0.15) is 0 Å². The molecule has 4 nitrogen and oxygen atoms in total. The molecule has 1 aliphatic heterocycles. The molecule has 0 N–H and O–H groups in total. The van der Waals surface area contributed by atoms with E-state index in [-0.39, 0.29) is 24.4 Å². The van der Waals surface area contributed by atoms with Crippen molar-refractivity contribution in [3.63, 3.8) is 0 Å². The van der Waals surface area contributed by atoms with E-state index in [0.29, 0.717) is 13.0 Å². The molecule has 1 heterocycles. The van der Waals surface area contributed by atoms with Gasteiger partial charge in [0.2, 0.25) is 0 Å². The van der Waals surface area contributed by atoms with Crippen LogP contribution >= 0.6 is 0 Å². The molecule has 0 radical (unpaired) electrons. The third-order valence-electron chi connectivity index (χ3n) is 2.74. The van der Waals surface area contributed by atoms with Crippen molar-refractivity contribution in [2.75, 3.05) is 13.2 Å². The summed E-state index contributed by atoms with van der Waals surface area (Å²) in [4.78, 5) is 21.6. The number of carbonyl (C=O) groups excluding carboxylic acids is 2. The van der Waals surface area contributed by atoms with Gasteiger partial charge in [0, 0.05) is 19.4 Å². The summed E-state index contributed by atoms with van der Waals surface area (Å²) in [7, 11) is 0. The molecule has 16 heavy (non-hydrogen) atoms. The van der Waals surface area contributed by atoms with Gasteiger partial charge >= 0.3 is 5.97 Å². The van der Waals surface area contributed by atoms with E-state index in [9.17, 15) is 9.59 Å². The molecule has 0 saturated carbocycles. The average Bonchev–Trinajstić information content (AvgIpc) is 2.60. The van der Waals surface area contributed by atoms with Crippen molar-refractivity contribution in [3.8, 4) is 0 Å². The molecule has 2 atom stereocenters. The fourth-order valence-corrected chi connectivity index (χ4v) is 1.80. The Bertz CT molecular complexity index is 227. The Morgan fingerprint density at radius 3 is 3.00 bits per heavy atom. The van der Waals surface area contributed by atoms with Gasteiger partial charge in [0.1, 0.15) is 12.4 Å². The van der Waals surface area contributed by atoms with Gasteiger partial charge < -0.3 is 14.3 Å². The lowest BCUT2D eigenvalue weighted by atomic mass is 10.0. The minimum Gasteiger partial charge on any atom is -0.460 e. The van der Waals surface area contributed by atoms with Crippen molar-refractivity contribution in [3.05, 3.63) is 0 Å². The number of cyclic esters (lactones) is 1. The molecule has 92 valence electrons. The van der Waals surface area contributed by atoms with Crippen LogP contribution < -0.4 is 0 Å². The summed E-state index contributed by atoms with van der Waals surface area (Å²) in [6.07, 6.45) is 4.89. The Morgan fingerprint density at radius 1 is 1.50 bits per heavy atom. The van der Waals surface area contributed by atoms with Gasteiger partial charge in [0.15, 0.2) is 0 Å². The summed E-state index contributed by atoms with van der Waals surface area (Å²) in [6.45, 7) is 3.33. The normalized spacial score (nSPS) is 24.4. The van der Waals surface area contributed by atoms with Gasteiger partial charge in [-0.3, -0.25) is 4.79 Å². The number of hydrogen-bond acceptors (Lipinski definition) is 4.